The maximum Gasteiger partial charge on any atom is 0.134 e. The molecule has 0 fully saturated rings. The van der Waals surface area contributed by atoms with Crippen LogP contribution in [0.3, 0.4) is 0 Å². The summed E-state index contributed by atoms with van der Waals surface area (Å²) in [6.45, 7) is 6.10. The van der Waals surface area contributed by atoms with Crippen LogP contribution >= 0.6 is 22.9 Å². The standard InChI is InChI=1S/C13H16ClN3S/c1-8(6-11-5-4-9(2)18-11)15-13-7-12(14)16-10(3)17-13/h4-5,7-8H,6H2,1-3H3,(H,15,16,17). The van der Waals surface area contributed by atoms with Crippen LogP contribution in [0.15, 0.2) is 18.2 Å². The lowest BCUT2D eigenvalue weighted by Gasteiger charge is -2.13. The number of anilines is 1. The highest BCUT2D eigenvalue weighted by atomic mass is 35.5. The number of halogens is 1. The van der Waals surface area contributed by atoms with E-state index in [-0.39, 0.29) is 0 Å². The van der Waals surface area contributed by atoms with Gasteiger partial charge in [-0.3, -0.25) is 0 Å². The Morgan fingerprint density at radius 1 is 1.33 bits per heavy atom. The molecule has 2 aromatic rings. The molecule has 2 rings (SSSR count). The molecule has 2 aromatic heterocycles. The summed E-state index contributed by atoms with van der Waals surface area (Å²) in [5.41, 5.74) is 0. The van der Waals surface area contributed by atoms with E-state index in [1.807, 2.05) is 18.3 Å². The normalized spacial score (nSPS) is 12.4. The zero-order valence-electron chi connectivity index (χ0n) is 10.7. The molecule has 0 amide bonds. The molecule has 1 unspecified atom stereocenters. The Hall–Kier alpha value is -1.13. The number of hydrogen-bond acceptors (Lipinski definition) is 4. The van der Waals surface area contributed by atoms with Crippen LogP contribution < -0.4 is 5.32 Å². The van der Waals surface area contributed by atoms with E-state index in [0.29, 0.717) is 17.0 Å². The second-order valence-corrected chi connectivity index (χ2v) is 6.14. The molecular weight excluding hydrogens is 266 g/mol. The molecule has 18 heavy (non-hydrogen) atoms. The Morgan fingerprint density at radius 3 is 2.72 bits per heavy atom. The fraction of sp³-hybridized carbons (Fsp3) is 0.385. The fourth-order valence-corrected chi connectivity index (χ4v) is 3.05. The van der Waals surface area contributed by atoms with Crippen molar-refractivity contribution in [2.45, 2.75) is 33.2 Å². The SMILES string of the molecule is Cc1nc(Cl)cc(NC(C)Cc2ccc(C)s2)n1. The molecular formula is C13H16ClN3S. The van der Waals surface area contributed by atoms with Gasteiger partial charge in [-0.25, -0.2) is 9.97 Å². The Bertz CT molecular complexity index is 519. The van der Waals surface area contributed by atoms with Gasteiger partial charge in [0.15, 0.2) is 0 Å². The van der Waals surface area contributed by atoms with Crippen molar-refractivity contribution in [3.8, 4) is 0 Å². The minimum Gasteiger partial charge on any atom is -0.367 e. The van der Waals surface area contributed by atoms with Gasteiger partial charge in [0.2, 0.25) is 0 Å². The first-order valence-electron chi connectivity index (χ1n) is 5.86. The first-order chi connectivity index (χ1) is 8.52. The van der Waals surface area contributed by atoms with Crippen molar-refractivity contribution < 1.29 is 0 Å². The average molecular weight is 282 g/mol. The van der Waals surface area contributed by atoms with E-state index < -0.39 is 0 Å². The van der Waals surface area contributed by atoms with E-state index >= 15 is 0 Å². The van der Waals surface area contributed by atoms with Gasteiger partial charge in [0.05, 0.1) is 0 Å². The molecule has 2 heterocycles. The third-order valence-corrected chi connectivity index (χ3v) is 3.72. The molecule has 5 heteroatoms. The molecule has 0 aliphatic rings. The lowest BCUT2D eigenvalue weighted by molar-refractivity contribution is 0.791. The van der Waals surface area contributed by atoms with Gasteiger partial charge in [0.25, 0.3) is 0 Å². The Kier molecular flexibility index (Phi) is 4.19. The largest absolute Gasteiger partial charge is 0.367 e. The zero-order valence-corrected chi connectivity index (χ0v) is 12.3. The summed E-state index contributed by atoms with van der Waals surface area (Å²) in [6, 6.07) is 6.40. The molecule has 0 radical (unpaired) electrons. The van der Waals surface area contributed by atoms with Crippen molar-refractivity contribution in [1.82, 2.24) is 9.97 Å². The molecule has 3 nitrogen and oxygen atoms in total. The molecule has 0 saturated carbocycles. The lowest BCUT2D eigenvalue weighted by Crippen LogP contribution is -2.18. The molecule has 1 N–H and O–H groups in total. The van der Waals surface area contributed by atoms with Crippen LogP contribution in [-0.4, -0.2) is 16.0 Å². The van der Waals surface area contributed by atoms with E-state index in [1.54, 1.807) is 6.07 Å². The summed E-state index contributed by atoms with van der Waals surface area (Å²) in [7, 11) is 0. The van der Waals surface area contributed by atoms with Crippen LogP contribution in [0.1, 0.15) is 22.5 Å². The predicted molar refractivity (Wildman–Crippen MR) is 77.6 cm³/mol. The number of hydrogen-bond donors (Lipinski definition) is 1. The van der Waals surface area contributed by atoms with Crippen molar-refractivity contribution in [2.24, 2.45) is 0 Å². The van der Waals surface area contributed by atoms with Gasteiger partial charge in [-0.1, -0.05) is 11.6 Å². The van der Waals surface area contributed by atoms with Crippen LogP contribution in [0.5, 0.6) is 0 Å². The number of nitrogens with one attached hydrogen (secondary N) is 1. The lowest BCUT2D eigenvalue weighted by atomic mass is 10.2. The average Bonchev–Trinajstić information content (AvgIpc) is 2.61. The van der Waals surface area contributed by atoms with E-state index in [1.165, 1.54) is 9.75 Å². The number of nitrogens with zero attached hydrogens (tertiary/aromatic N) is 2. The van der Waals surface area contributed by atoms with Gasteiger partial charge < -0.3 is 5.32 Å². The quantitative estimate of drug-likeness (QED) is 0.865. The maximum atomic E-state index is 5.91. The summed E-state index contributed by atoms with van der Waals surface area (Å²) in [5.74, 6) is 1.47. The maximum absolute atomic E-state index is 5.91. The molecule has 96 valence electrons. The molecule has 0 aromatic carbocycles. The summed E-state index contributed by atoms with van der Waals surface area (Å²) < 4.78 is 0. The second kappa shape index (κ2) is 5.67. The Morgan fingerprint density at radius 2 is 2.11 bits per heavy atom. The van der Waals surface area contributed by atoms with Crippen LogP contribution in [0, 0.1) is 13.8 Å². The topological polar surface area (TPSA) is 37.8 Å². The molecule has 1 atom stereocenters. The minimum atomic E-state index is 0.313. The number of rotatable bonds is 4. The molecule has 0 saturated heterocycles. The monoisotopic (exact) mass is 281 g/mol. The summed E-state index contributed by atoms with van der Waals surface area (Å²) in [6.07, 6.45) is 0.985. The zero-order chi connectivity index (χ0) is 13.1. The highest BCUT2D eigenvalue weighted by Gasteiger charge is 2.07. The van der Waals surface area contributed by atoms with Crippen molar-refractivity contribution in [3.05, 3.63) is 38.9 Å². The van der Waals surface area contributed by atoms with Crippen molar-refractivity contribution >= 4 is 28.8 Å². The van der Waals surface area contributed by atoms with Crippen molar-refractivity contribution in [2.75, 3.05) is 5.32 Å². The second-order valence-electron chi connectivity index (χ2n) is 4.38. The number of aromatic nitrogens is 2. The third kappa shape index (κ3) is 3.68. The molecule has 0 bridgehead atoms. The molecule has 0 spiro atoms. The van der Waals surface area contributed by atoms with E-state index in [9.17, 15) is 0 Å². The molecule has 0 aliphatic carbocycles. The van der Waals surface area contributed by atoms with Crippen LogP contribution in [0.2, 0.25) is 5.15 Å². The van der Waals surface area contributed by atoms with Gasteiger partial charge in [-0.05, 0) is 32.9 Å². The van der Waals surface area contributed by atoms with Crippen LogP contribution in [0.4, 0.5) is 5.82 Å². The van der Waals surface area contributed by atoms with Crippen molar-refractivity contribution in [1.29, 1.82) is 0 Å². The van der Waals surface area contributed by atoms with Gasteiger partial charge in [0, 0.05) is 28.3 Å². The Labute approximate surface area is 116 Å². The first kappa shape index (κ1) is 13.3. The predicted octanol–water partition coefficient (Wildman–Crippen LogP) is 3.85. The van der Waals surface area contributed by atoms with Crippen LogP contribution in [0.25, 0.3) is 0 Å². The van der Waals surface area contributed by atoms with Gasteiger partial charge in [-0.15, -0.1) is 11.3 Å². The van der Waals surface area contributed by atoms with E-state index in [0.717, 1.165) is 12.2 Å². The minimum absolute atomic E-state index is 0.313. The number of thiophene rings is 1. The van der Waals surface area contributed by atoms with Gasteiger partial charge in [0.1, 0.15) is 16.8 Å². The smallest absolute Gasteiger partial charge is 0.134 e. The molecule has 0 aliphatic heterocycles. The van der Waals surface area contributed by atoms with Gasteiger partial charge in [-0.2, -0.15) is 0 Å². The summed E-state index contributed by atoms with van der Waals surface area (Å²) >= 11 is 7.74. The first-order valence-corrected chi connectivity index (χ1v) is 7.05. The van der Waals surface area contributed by atoms with Crippen LogP contribution in [-0.2, 0) is 6.42 Å². The van der Waals surface area contributed by atoms with Gasteiger partial charge >= 0.3 is 0 Å². The van der Waals surface area contributed by atoms with E-state index in [4.69, 9.17) is 11.6 Å². The van der Waals surface area contributed by atoms with Crippen molar-refractivity contribution in [3.63, 3.8) is 0 Å². The highest BCUT2D eigenvalue weighted by Crippen LogP contribution is 2.18. The van der Waals surface area contributed by atoms with E-state index in [2.05, 4.69) is 41.3 Å². The fourth-order valence-electron chi connectivity index (χ4n) is 1.81. The summed E-state index contributed by atoms with van der Waals surface area (Å²) in [5, 5.41) is 3.83. The Balaban J connectivity index is 2.00. The highest BCUT2D eigenvalue weighted by molar-refractivity contribution is 7.11. The third-order valence-electron chi connectivity index (χ3n) is 2.50. The number of aryl methyl sites for hydroxylation is 2. The summed E-state index contributed by atoms with van der Waals surface area (Å²) in [4.78, 5) is 11.1.